The quantitative estimate of drug-likeness (QED) is 0.603. The van der Waals surface area contributed by atoms with E-state index in [-0.39, 0.29) is 0 Å². The first-order chi connectivity index (χ1) is 12.5. The number of nitrogens with zero attached hydrogens (tertiary/aromatic N) is 4. The summed E-state index contributed by atoms with van der Waals surface area (Å²) < 4.78 is 6.67. The summed E-state index contributed by atoms with van der Waals surface area (Å²) in [6.07, 6.45) is 0. The van der Waals surface area contributed by atoms with Gasteiger partial charge in [0.05, 0.1) is 22.8 Å². The monoisotopic (exact) mass is 434 g/mol. The lowest BCUT2D eigenvalue weighted by Gasteiger charge is -2.34. The Morgan fingerprint density at radius 3 is 2.58 bits per heavy atom. The molecule has 3 aromatic rings. The number of aromatic nitrogens is 2. The van der Waals surface area contributed by atoms with Crippen molar-refractivity contribution in [3.8, 4) is 0 Å². The molecule has 1 fully saturated rings. The second kappa shape index (κ2) is 7.18. The van der Waals surface area contributed by atoms with Crippen LogP contribution in [-0.4, -0.2) is 41.0 Å². The third kappa shape index (κ3) is 3.59. The van der Waals surface area contributed by atoms with E-state index < -0.39 is 0 Å². The van der Waals surface area contributed by atoms with Gasteiger partial charge in [0.15, 0.2) is 0 Å². The van der Waals surface area contributed by atoms with Crippen LogP contribution in [0.4, 0.5) is 5.82 Å². The van der Waals surface area contributed by atoms with Crippen LogP contribution in [-0.2, 0) is 6.54 Å². The number of anilines is 1. The van der Waals surface area contributed by atoms with Crippen LogP contribution in [0.1, 0.15) is 17.3 Å². The molecule has 0 N–H and O–H groups in total. The zero-order valence-corrected chi connectivity index (χ0v) is 17.1. The Labute approximate surface area is 166 Å². The Kier molecular flexibility index (Phi) is 4.90. The number of piperazine rings is 1. The lowest BCUT2D eigenvalue weighted by molar-refractivity contribution is 0.224. The smallest absolute Gasteiger partial charge is 0.208 e. The fourth-order valence-corrected chi connectivity index (χ4v) is 4.13. The van der Waals surface area contributed by atoms with Gasteiger partial charge in [-0.2, -0.15) is 0 Å². The number of benzene rings is 1. The van der Waals surface area contributed by atoms with Crippen molar-refractivity contribution >= 4 is 44.3 Å². The highest BCUT2D eigenvalue weighted by atomic mass is 79.9. The van der Waals surface area contributed by atoms with Gasteiger partial charge in [-0.05, 0) is 38.1 Å². The highest BCUT2D eigenvalue weighted by molar-refractivity contribution is 9.10. The van der Waals surface area contributed by atoms with Gasteiger partial charge < -0.3 is 9.32 Å². The number of hydrogen-bond donors (Lipinski definition) is 0. The number of pyridine rings is 1. The van der Waals surface area contributed by atoms with Crippen LogP contribution in [0.2, 0.25) is 5.02 Å². The van der Waals surface area contributed by atoms with Crippen molar-refractivity contribution < 1.29 is 4.42 Å². The summed E-state index contributed by atoms with van der Waals surface area (Å²) in [6.45, 7) is 8.45. The Hall–Kier alpha value is -1.63. The number of aryl methyl sites for hydroxylation is 2. The minimum atomic E-state index is 0.671. The Morgan fingerprint density at radius 1 is 1.12 bits per heavy atom. The molecule has 1 aliphatic rings. The highest BCUT2D eigenvalue weighted by Gasteiger charge is 2.20. The molecule has 0 spiro atoms. The van der Waals surface area contributed by atoms with E-state index in [9.17, 15) is 0 Å². The summed E-state index contributed by atoms with van der Waals surface area (Å²) in [6, 6.07) is 8.08. The zero-order chi connectivity index (χ0) is 18.3. The van der Waals surface area contributed by atoms with Crippen LogP contribution >= 0.6 is 27.5 Å². The topological polar surface area (TPSA) is 45.4 Å². The van der Waals surface area contributed by atoms with Gasteiger partial charge in [-0.3, -0.25) is 4.90 Å². The van der Waals surface area contributed by atoms with Crippen molar-refractivity contribution in [1.29, 1.82) is 0 Å². The Bertz CT molecular complexity index is 931. The maximum Gasteiger partial charge on any atom is 0.208 e. The summed E-state index contributed by atoms with van der Waals surface area (Å²) in [5, 5.41) is 1.71. The van der Waals surface area contributed by atoms with E-state index in [1.54, 1.807) is 0 Å². The molecule has 1 aromatic carbocycles. The van der Waals surface area contributed by atoms with Gasteiger partial charge in [-0.15, -0.1) is 0 Å². The molecule has 136 valence electrons. The van der Waals surface area contributed by atoms with Gasteiger partial charge in [0.1, 0.15) is 11.6 Å². The first-order valence-corrected chi connectivity index (χ1v) is 9.83. The standard InChI is InChI=1S/C19H20BrClN4O/c1-12-13(2)26-18(22-12)11-24-5-7-25(8-6-24)17-4-3-14-9-15(20)10-16(21)19(14)23-17/h3-4,9-10H,5-8,11H2,1-2H3. The number of hydrogen-bond acceptors (Lipinski definition) is 5. The molecule has 7 heteroatoms. The minimum Gasteiger partial charge on any atom is -0.444 e. The Balaban J connectivity index is 1.45. The number of rotatable bonds is 3. The van der Waals surface area contributed by atoms with Crippen LogP contribution in [0.25, 0.3) is 10.9 Å². The molecule has 2 aromatic heterocycles. The van der Waals surface area contributed by atoms with Crippen molar-refractivity contribution in [2.24, 2.45) is 0 Å². The summed E-state index contributed by atoms with van der Waals surface area (Å²) in [7, 11) is 0. The Morgan fingerprint density at radius 2 is 1.88 bits per heavy atom. The molecule has 0 saturated carbocycles. The lowest BCUT2D eigenvalue weighted by atomic mass is 10.2. The predicted molar refractivity (Wildman–Crippen MR) is 108 cm³/mol. The van der Waals surface area contributed by atoms with Crippen molar-refractivity contribution in [2.75, 3.05) is 31.1 Å². The normalized spacial score (nSPS) is 15.8. The molecule has 0 radical (unpaired) electrons. The first kappa shape index (κ1) is 17.8. The molecule has 0 amide bonds. The van der Waals surface area contributed by atoms with Crippen LogP contribution in [0, 0.1) is 13.8 Å². The van der Waals surface area contributed by atoms with Gasteiger partial charge in [0.2, 0.25) is 5.89 Å². The zero-order valence-electron chi connectivity index (χ0n) is 14.8. The van der Waals surface area contributed by atoms with E-state index in [1.807, 2.05) is 26.0 Å². The molecule has 0 unspecified atom stereocenters. The van der Waals surface area contributed by atoms with Gasteiger partial charge >= 0.3 is 0 Å². The second-order valence-electron chi connectivity index (χ2n) is 6.64. The van der Waals surface area contributed by atoms with E-state index in [0.717, 1.165) is 71.3 Å². The average Bonchev–Trinajstić information content (AvgIpc) is 2.93. The molecule has 26 heavy (non-hydrogen) atoms. The minimum absolute atomic E-state index is 0.671. The molecule has 3 heterocycles. The number of halogens is 2. The van der Waals surface area contributed by atoms with Gasteiger partial charge in [-0.1, -0.05) is 27.5 Å². The SMILES string of the molecule is Cc1nc(CN2CCN(c3ccc4cc(Br)cc(Cl)c4n3)CC2)oc1C. The summed E-state index contributed by atoms with van der Waals surface area (Å²) in [4.78, 5) is 13.9. The lowest BCUT2D eigenvalue weighted by Crippen LogP contribution is -2.46. The van der Waals surface area contributed by atoms with Gasteiger partial charge in [0.25, 0.3) is 0 Å². The molecule has 0 bridgehead atoms. The third-order valence-electron chi connectivity index (χ3n) is 4.82. The molecule has 0 atom stereocenters. The summed E-state index contributed by atoms with van der Waals surface area (Å²) in [5.74, 6) is 2.68. The van der Waals surface area contributed by atoms with E-state index in [1.165, 1.54) is 0 Å². The van der Waals surface area contributed by atoms with E-state index in [4.69, 9.17) is 21.0 Å². The van der Waals surface area contributed by atoms with Gasteiger partial charge in [0, 0.05) is 36.0 Å². The van der Waals surface area contributed by atoms with Gasteiger partial charge in [-0.25, -0.2) is 9.97 Å². The van der Waals surface area contributed by atoms with Crippen molar-refractivity contribution in [3.05, 3.63) is 51.1 Å². The van der Waals surface area contributed by atoms with Crippen LogP contribution < -0.4 is 4.90 Å². The fraction of sp³-hybridized carbons (Fsp3) is 0.368. The molecular formula is C19H20BrClN4O. The average molecular weight is 436 g/mol. The highest BCUT2D eigenvalue weighted by Crippen LogP contribution is 2.29. The van der Waals surface area contributed by atoms with Crippen LogP contribution in [0.15, 0.2) is 33.2 Å². The molecular weight excluding hydrogens is 416 g/mol. The number of fused-ring (bicyclic) bond motifs is 1. The largest absolute Gasteiger partial charge is 0.444 e. The fourth-order valence-electron chi connectivity index (χ4n) is 3.26. The summed E-state index contributed by atoms with van der Waals surface area (Å²) >= 11 is 9.84. The predicted octanol–water partition coefficient (Wildman–Crippen LogP) is 4.58. The molecule has 5 nitrogen and oxygen atoms in total. The summed E-state index contributed by atoms with van der Waals surface area (Å²) in [5.41, 5.74) is 1.82. The van der Waals surface area contributed by atoms with E-state index in [0.29, 0.717) is 5.02 Å². The maximum absolute atomic E-state index is 6.36. The van der Waals surface area contributed by atoms with Crippen molar-refractivity contribution in [3.63, 3.8) is 0 Å². The van der Waals surface area contributed by atoms with Crippen LogP contribution in [0.5, 0.6) is 0 Å². The molecule has 4 rings (SSSR count). The molecule has 1 aliphatic heterocycles. The first-order valence-electron chi connectivity index (χ1n) is 8.65. The third-order valence-corrected chi connectivity index (χ3v) is 5.57. The maximum atomic E-state index is 6.36. The molecule has 1 saturated heterocycles. The second-order valence-corrected chi connectivity index (χ2v) is 7.96. The van der Waals surface area contributed by atoms with Crippen LogP contribution in [0.3, 0.4) is 0 Å². The van der Waals surface area contributed by atoms with Crippen molar-refractivity contribution in [2.45, 2.75) is 20.4 Å². The number of oxazole rings is 1. The van der Waals surface area contributed by atoms with E-state index in [2.05, 4.69) is 42.8 Å². The molecule has 0 aliphatic carbocycles. The van der Waals surface area contributed by atoms with E-state index >= 15 is 0 Å². The van der Waals surface area contributed by atoms with Crippen molar-refractivity contribution in [1.82, 2.24) is 14.9 Å².